The predicted molar refractivity (Wildman–Crippen MR) is 94.7 cm³/mol. The van der Waals surface area contributed by atoms with Crippen LogP contribution in [0.1, 0.15) is 16.9 Å². The summed E-state index contributed by atoms with van der Waals surface area (Å²) in [6, 6.07) is 11.5. The number of carbonyl (C=O) groups is 1. The number of hydrogen-bond acceptors (Lipinski definition) is 5. The lowest BCUT2D eigenvalue weighted by atomic mass is 10.1. The molecule has 8 heteroatoms. The number of carbonyl (C=O) groups excluding carboxylic acids is 1. The lowest BCUT2D eigenvalue weighted by Crippen LogP contribution is -2.36. The van der Waals surface area contributed by atoms with Crippen LogP contribution in [0.2, 0.25) is 0 Å². The van der Waals surface area contributed by atoms with Crippen molar-refractivity contribution >= 4 is 5.91 Å². The Bertz CT molecular complexity index is 953. The fourth-order valence-corrected chi connectivity index (χ4v) is 3.12. The molecule has 1 unspecified atom stereocenters. The third-order valence-electron chi connectivity index (χ3n) is 4.47. The van der Waals surface area contributed by atoms with Crippen LogP contribution in [0.25, 0.3) is 22.5 Å². The quantitative estimate of drug-likeness (QED) is 0.622. The molecule has 3 aromatic rings. The van der Waals surface area contributed by atoms with Gasteiger partial charge in [0.25, 0.3) is 5.91 Å². The fourth-order valence-electron chi connectivity index (χ4n) is 3.12. The Morgan fingerprint density at radius 3 is 2.92 bits per heavy atom. The Morgan fingerprint density at radius 1 is 1.31 bits per heavy atom. The first-order chi connectivity index (χ1) is 12.7. The molecule has 3 N–H and O–H groups in total. The molecule has 1 aliphatic heterocycles. The summed E-state index contributed by atoms with van der Waals surface area (Å²) in [6.07, 6.45) is 4.61. The van der Waals surface area contributed by atoms with Gasteiger partial charge in [0.1, 0.15) is 11.4 Å². The molecule has 1 fully saturated rings. The maximum Gasteiger partial charge on any atom is 0.269 e. The van der Waals surface area contributed by atoms with E-state index < -0.39 is 0 Å². The predicted octanol–water partition coefficient (Wildman–Crippen LogP) is 1.75. The minimum Gasteiger partial charge on any atom is -0.346 e. The van der Waals surface area contributed by atoms with Crippen LogP contribution in [0, 0.1) is 11.5 Å². The van der Waals surface area contributed by atoms with E-state index >= 15 is 0 Å². The zero-order valence-electron chi connectivity index (χ0n) is 13.9. The summed E-state index contributed by atoms with van der Waals surface area (Å²) in [6.45, 7) is 1.21. The van der Waals surface area contributed by atoms with Crippen molar-refractivity contribution in [1.29, 1.82) is 5.26 Å². The monoisotopic (exact) mass is 347 g/mol. The summed E-state index contributed by atoms with van der Waals surface area (Å²) in [5, 5.41) is 25.9. The maximum absolute atomic E-state index is 12.4. The summed E-state index contributed by atoms with van der Waals surface area (Å²) in [7, 11) is 0. The van der Waals surface area contributed by atoms with Crippen molar-refractivity contribution < 1.29 is 4.79 Å². The van der Waals surface area contributed by atoms with Crippen molar-refractivity contribution in [2.45, 2.75) is 12.5 Å². The second kappa shape index (κ2) is 6.72. The highest BCUT2D eigenvalue weighted by atomic mass is 16.2. The highest BCUT2D eigenvalue weighted by Crippen LogP contribution is 2.29. The van der Waals surface area contributed by atoms with Crippen LogP contribution in [0.15, 0.2) is 42.6 Å². The van der Waals surface area contributed by atoms with Gasteiger partial charge in [-0.25, -0.2) is 0 Å². The maximum atomic E-state index is 12.4. The van der Waals surface area contributed by atoms with Gasteiger partial charge in [-0.3, -0.25) is 15.0 Å². The summed E-state index contributed by atoms with van der Waals surface area (Å²) in [5.74, 6) is -0.227. The van der Waals surface area contributed by atoms with Gasteiger partial charge in [-0.05, 0) is 18.1 Å². The van der Waals surface area contributed by atoms with E-state index in [4.69, 9.17) is 5.26 Å². The molecule has 0 radical (unpaired) electrons. The number of hydrogen-bond donors (Lipinski definition) is 3. The van der Waals surface area contributed by atoms with E-state index in [9.17, 15) is 4.79 Å². The van der Waals surface area contributed by atoms with Gasteiger partial charge in [0.2, 0.25) is 0 Å². The van der Waals surface area contributed by atoms with Gasteiger partial charge >= 0.3 is 0 Å². The summed E-state index contributed by atoms with van der Waals surface area (Å²) < 4.78 is 0. The zero-order chi connectivity index (χ0) is 17.9. The molecule has 2 aromatic heterocycles. The number of likely N-dealkylation sites (tertiary alicyclic amines) is 1. The fraction of sp³-hybridized carbons (Fsp3) is 0.222. The number of nitrogens with zero attached hydrogens (tertiary/aromatic N) is 4. The molecule has 1 aromatic carbocycles. The average Bonchev–Trinajstić information content (AvgIpc) is 3.41. The van der Waals surface area contributed by atoms with Gasteiger partial charge < -0.3 is 10.2 Å². The molecule has 1 amide bonds. The van der Waals surface area contributed by atoms with Crippen LogP contribution in [0.4, 0.5) is 0 Å². The number of benzene rings is 1. The molecule has 4 rings (SSSR count). The number of aromatic amines is 2. The number of nitriles is 1. The van der Waals surface area contributed by atoms with E-state index in [0.717, 1.165) is 23.2 Å². The molecule has 0 spiro atoms. The van der Waals surface area contributed by atoms with E-state index in [1.165, 1.54) is 0 Å². The van der Waals surface area contributed by atoms with Crippen LogP contribution >= 0.6 is 0 Å². The third-order valence-corrected chi connectivity index (χ3v) is 4.47. The topological polar surface area (TPSA) is 113 Å². The van der Waals surface area contributed by atoms with Crippen molar-refractivity contribution in [3.05, 3.63) is 48.3 Å². The summed E-state index contributed by atoms with van der Waals surface area (Å²) in [4.78, 5) is 14.1. The zero-order valence-corrected chi connectivity index (χ0v) is 13.9. The standard InChI is InChI=1S/C18H17N7O/c19-11-25-7-6-13(10-25)21-18(26)16-8-15(22-23-16)17-14(9-20-24-17)12-4-2-1-3-5-12/h1-5,8-9,13H,6-7,10H2,(H,20,24)(H,21,26)(H,22,23). The van der Waals surface area contributed by atoms with E-state index in [-0.39, 0.29) is 11.9 Å². The number of H-pyrrole nitrogens is 2. The minimum atomic E-state index is -0.227. The Kier molecular flexibility index (Phi) is 4.11. The number of nitrogens with one attached hydrogen (secondary N) is 3. The first kappa shape index (κ1) is 15.9. The van der Waals surface area contributed by atoms with Crippen LogP contribution in [-0.2, 0) is 0 Å². The molecule has 1 aliphatic rings. The second-order valence-corrected chi connectivity index (χ2v) is 6.20. The van der Waals surface area contributed by atoms with Gasteiger partial charge in [0.05, 0.1) is 11.9 Å². The molecule has 1 saturated heterocycles. The minimum absolute atomic E-state index is 0.0269. The molecule has 130 valence electrons. The largest absolute Gasteiger partial charge is 0.346 e. The summed E-state index contributed by atoms with van der Waals surface area (Å²) in [5.41, 5.74) is 3.70. The first-order valence-electron chi connectivity index (χ1n) is 8.34. The van der Waals surface area contributed by atoms with Crippen molar-refractivity contribution in [1.82, 2.24) is 30.6 Å². The smallest absolute Gasteiger partial charge is 0.269 e. The highest BCUT2D eigenvalue weighted by Gasteiger charge is 2.24. The molecular weight excluding hydrogens is 330 g/mol. The van der Waals surface area contributed by atoms with Gasteiger partial charge in [-0.1, -0.05) is 30.3 Å². The van der Waals surface area contributed by atoms with Crippen LogP contribution in [-0.4, -0.2) is 50.3 Å². The molecule has 1 atom stereocenters. The lowest BCUT2D eigenvalue weighted by molar-refractivity contribution is 0.0933. The van der Waals surface area contributed by atoms with Gasteiger partial charge in [0, 0.05) is 24.7 Å². The Labute approximate surface area is 149 Å². The normalized spacial score (nSPS) is 16.4. The van der Waals surface area contributed by atoms with Gasteiger partial charge in [-0.2, -0.15) is 15.5 Å². The molecular formula is C18H17N7O. The van der Waals surface area contributed by atoms with E-state index in [0.29, 0.717) is 24.5 Å². The Balaban J connectivity index is 1.52. The van der Waals surface area contributed by atoms with Crippen LogP contribution < -0.4 is 5.32 Å². The van der Waals surface area contributed by atoms with Crippen molar-refractivity contribution in [3.8, 4) is 28.7 Å². The first-order valence-corrected chi connectivity index (χ1v) is 8.34. The van der Waals surface area contributed by atoms with Gasteiger partial charge in [-0.15, -0.1) is 0 Å². The Hall–Kier alpha value is -3.60. The number of rotatable bonds is 4. The Morgan fingerprint density at radius 2 is 2.15 bits per heavy atom. The number of aromatic nitrogens is 4. The van der Waals surface area contributed by atoms with Crippen molar-refractivity contribution in [3.63, 3.8) is 0 Å². The molecule has 0 saturated carbocycles. The van der Waals surface area contributed by atoms with Gasteiger partial charge in [0.15, 0.2) is 6.19 Å². The van der Waals surface area contributed by atoms with Crippen LogP contribution in [0.3, 0.4) is 0 Å². The van der Waals surface area contributed by atoms with E-state index in [1.54, 1.807) is 17.2 Å². The molecule has 26 heavy (non-hydrogen) atoms. The SMILES string of the molecule is N#CN1CCC(NC(=O)c2cc(-c3[nH]ncc3-c3ccccc3)n[nH]2)C1. The van der Waals surface area contributed by atoms with Crippen LogP contribution in [0.5, 0.6) is 0 Å². The summed E-state index contributed by atoms with van der Waals surface area (Å²) >= 11 is 0. The third kappa shape index (κ3) is 3.02. The van der Waals surface area contributed by atoms with Crippen molar-refractivity contribution in [2.24, 2.45) is 0 Å². The molecule has 3 heterocycles. The molecule has 0 bridgehead atoms. The lowest BCUT2D eigenvalue weighted by Gasteiger charge is -2.10. The van der Waals surface area contributed by atoms with E-state index in [2.05, 4.69) is 31.9 Å². The second-order valence-electron chi connectivity index (χ2n) is 6.20. The highest BCUT2D eigenvalue weighted by molar-refractivity contribution is 5.94. The van der Waals surface area contributed by atoms with E-state index in [1.807, 2.05) is 30.3 Å². The molecule has 0 aliphatic carbocycles. The average molecular weight is 347 g/mol. The van der Waals surface area contributed by atoms with Crippen molar-refractivity contribution in [2.75, 3.05) is 13.1 Å². The number of amides is 1. The molecule has 8 nitrogen and oxygen atoms in total.